The molecule has 0 atom stereocenters. The van der Waals surface area contributed by atoms with E-state index in [0.29, 0.717) is 0 Å². The van der Waals surface area contributed by atoms with Crippen molar-refractivity contribution in [1.29, 1.82) is 5.26 Å². The average molecular weight is 153 g/mol. The summed E-state index contributed by atoms with van der Waals surface area (Å²) in [4.78, 5) is 3.78. The molecular formula is C6H7N3S. The Morgan fingerprint density at radius 3 is 2.60 bits per heavy atom. The molecule has 1 aromatic heterocycles. The highest BCUT2D eigenvalue weighted by Gasteiger charge is 1.73. The van der Waals surface area contributed by atoms with Crippen molar-refractivity contribution in [1.82, 2.24) is 9.55 Å². The summed E-state index contributed by atoms with van der Waals surface area (Å²) in [5, 5.41) is 8.63. The summed E-state index contributed by atoms with van der Waals surface area (Å²) >= 11 is 3.09. The number of aromatic nitrogens is 2. The fraction of sp³-hybridized carbons (Fsp3) is 0. The number of hydrogen-bond acceptors (Lipinski definition) is 3. The van der Waals surface area contributed by atoms with Crippen LogP contribution in [0.15, 0.2) is 25.3 Å². The first-order valence-corrected chi connectivity index (χ1v) is 2.93. The zero-order chi connectivity index (χ0) is 7.82. The number of imidazole rings is 1. The first-order chi connectivity index (χ1) is 4.85. The van der Waals surface area contributed by atoms with Gasteiger partial charge in [0.25, 0.3) is 0 Å². The highest BCUT2D eigenvalue weighted by Crippen LogP contribution is 1.81. The van der Waals surface area contributed by atoms with Gasteiger partial charge in [0.1, 0.15) is 5.40 Å². The summed E-state index contributed by atoms with van der Waals surface area (Å²) < 4.78 is 1.78. The van der Waals surface area contributed by atoms with Crippen molar-refractivity contribution in [3.05, 3.63) is 25.3 Å². The molecule has 3 nitrogen and oxygen atoms in total. The third-order valence-electron chi connectivity index (χ3n) is 0.736. The highest BCUT2D eigenvalue weighted by molar-refractivity contribution is 7.85. The van der Waals surface area contributed by atoms with Crippen LogP contribution in [0.1, 0.15) is 0 Å². The molecule has 0 unspecified atom stereocenters. The van der Waals surface area contributed by atoms with Gasteiger partial charge in [-0.3, -0.25) is 0 Å². The van der Waals surface area contributed by atoms with Crippen LogP contribution in [-0.4, -0.2) is 9.55 Å². The van der Waals surface area contributed by atoms with Crippen LogP contribution >= 0.6 is 12.6 Å². The fourth-order valence-corrected chi connectivity index (χ4v) is 0.377. The molecule has 0 aliphatic heterocycles. The quantitative estimate of drug-likeness (QED) is 0.489. The second-order valence-electron chi connectivity index (χ2n) is 1.29. The van der Waals surface area contributed by atoms with Crippen LogP contribution in [0.5, 0.6) is 0 Å². The largest absolute Gasteiger partial charge is 0.314 e. The second kappa shape index (κ2) is 5.92. The highest BCUT2D eigenvalue weighted by atomic mass is 32.1. The minimum Gasteiger partial charge on any atom is -0.314 e. The van der Waals surface area contributed by atoms with Crippen molar-refractivity contribution in [3.63, 3.8) is 0 Å². The number of rotatable bonds is 1. The zero-order valence-corrected chi connectivity index (χ0v) is 6.20. The van der Waals surface area contributed by atoms with E-state index < -0.39 is 0 Å². The number of thiocyanates is 1. The average Bonchev–Trinajstić information content (AvgIpc) is 2.39. The Balaban J connectivity index is 0.000000236. The summed E-state index contributed by atoms with van der Waals surface area (Å²) in [6, 6.07) is 0. The molecule has 0 aromatic carbocycles. The van der Waals surface area contributed by atoms with Crippen molar-refractivity contribution in [2.45, 2.75) is 0 Å². The van der Waals surface area contributed by atoms with E-state index in [-0.39, 0.29) is 0 Å². The van der Waals surface area contributed by atoms with E-state index in [4.69, 9.17) is 5.26 Å². The van der Waals surface area contributed by atoms with Crippen LogP contribution in [0.3, 0.4) is 0 Å². The Labute approximate surface area is 65.0 Å². The van der Waals surface area contributed by atoms with Gasteiger partial charge in [-0.15, -0.1) is 0 Å². The van der Waals surface area contributed by atoms with Crippen LogP contribution in [0.4, 0.5) is 0 Å². The van der Waals surface area contributed by atoms with Crippen LogP contribution in [-0.2, 0) is 0 Å². The van der Waals surface area contributed by atoms with Crippen molar-refractivity contribution in [3.8, 4) is 5.40 Å². The monoisotopic (exact) mass is 153 g/mol. The van der Waals surface area contributed by atoms with Crippen LogP contribution in [0, 0.1) is 10.7 Å². The van der Waals surface area contributed by atoms with E-state index >= 15 is 0 Å². The lowest BCUT2D eigenvalue weighted by Gasteiger charge is -1.80. The summed E-state index contributed by atoms with van der Waals surface area (Å²) in [5.74, 6) is 0. The molecule has 0 spiro atoms. The molecule has 4 heteroatoms. The van der Waals surface area contributed by atoms with Gasteiger partial charge in [-0.1, -0.05) is 19.2 Å². The SMILES string of the molecule is C=Cn1ccnc1.N#CS. The molecule has 0 aliphatic rings. The first kappa shape index (κ1) is 8.79. The van der Waals surface area contributed by atoms with Crippen molar-refractivity contribution in [2.24, 2.45) is 0 Å². The number of thiol groups is 1. The molecule has 0 aliphatic carbocycles. The number of hydrogen-bond donors (Lipinski definition) is 1. The van der Waals surface area contributed by atoms with E-state index in [1.807, 2.05) is 6.20 Å². The van der Waals surface area contributed by atoms with Gasteiger partial charge >= 0.3 is 0 Å². The molecule has 0 radical (unpaired) electrons. The molecule has 1 heterocycles. The summed E-state index contributed by atoms with van der Waals surface area (Å²) in [6.45, 7) is 3.53. The number of nitriles is 1. The standard InChI is InChI=1S/C5H6N2.CHNS/c1-2-7-4-3-6-5-7;2-1-3/h2-5H,1H2;3H. The maximum atomic E-state index is 7.18. The fourth-order valence-electron chi connectivity index (χ4n) is 0.377. The zero-order valence-electron chi connectivity index (χ0n) is 5.31. The Bertz CT molecular complexity index is 209. The van der Waals surface area contributed by atoms with Gasteiger partial charge < -0.3 is 4.57 Å². The van der Waals surface area contributed by atoms with Gasteiger partial charge in [-0.2, -0.15) is 5.26 Å². The van der Waals surface area contributed by atoms with E-state index in [2.05, 4.69) is 24.2 Å². The van der Waals surface area contributed by atoms with Crippen molar-refractivity contribution >= 4 is 18.8 Å². The third kappa shape index (κ3) is 3.75. The Morgan fingerprint density at radius 1 is 1.80 bits per heavy atom. The lowest BCUT2D eigenvalue weighted by molar-refractivity contribution is 1.14. The van der Waals surface area contributed by atoms with E-state index in [0.717, 1.165) is 0 Å². The maximum absolute atomic E-state index is 7.18. The Kier molecular flexibility index (Phi) is 5.20. The summed E-state index contributed by atoms with van der Waals surface area (Å²) in [7, 11) is 0. The molecule has 0 fully saturated rings. The third-order valence-corrected chi connectivity index (χ3v) is 0.736. The molecule has 0 bridgehead atoms. The lowest BCUT2D eigenvalue weighted by Crippen LogP contribution is -1.73. The molecule has 52 valence electrons. The molecule has 1 rings (SSSR count). The van der Waals surface area contributed by atoms with Crippen LogP contribution < -0.4 is 0 Å². The molecule has 0 saturated carbocycles. The predicted octanol–water partition coefficient (Wildman–Crippen LogP) is 1.38. The minimum absolute atomic E-state index is 1.44. The van der Waals surface area contributed by atoms with Gasteiger partial charge in [-0.25, -0.2) is 4.98 Å². The summed E-state index contributed by atoms with van der Waals surface area (Å²) in [6.07, 6.45) is 6.91. The Morgan fingerprint density at radius 2 is 2.40 bits per heavy atom. The van der Waals surface area contributed by atoms with Crippen LogP contribution in [0.2, 0.25) is 0 Å². The number of nitrogens with zero attached hydrogens (tertiary/aromatic N) is 3. The van der Waals surface area contributed by atoms with Gasteiger partial charge in [0.2, 0.25) is 0 Å². The normalized spacial score (nSPS) is 6.80. The minimum atomic E-state index is 1.44. The topological polar surface area (TPSA) is 41.6 Å². The molecule has 1 aromatic rings. The lowest BCUT2D eigenvalue weighted by atomic mass is 10.9. The Hall–Kier alpha value is -1.21. The van der Waals surface area contributed by atoms with Gasteiger partial charge in [0, 0.05) is 18.6 Å². The van der Waals surface area contributed by atoms with Gasteiger partial charge in [0.15, 0.2) is 0 Å². The molecule has 0 saturated heterocycles. The van der Waals surface area contributed by atoms with E-state index in [9.17, 15) is 0 Å². The second-order valence-corrected chi connectivity index (χ2v) is 1.49. The molecule has 0 amide bonds. The van der Waals surface area contributed by atoms with Gasteiger partial charge in [-0.05, 0) is 0 Å². The molecular weight excluding hydrogens is 146 g/mol. The van der Waals surface area contributed by atoms with Crippen LogP contribution in [0.25, 0.3) is 6.20 Å². The van der Waals surface area contributed by atoms with Crippen molar-refractivity contribution in [2.75, 3.05) is 0 Å². The molecule has 10 heavy (non-hydrogen) atoms. The predicted molar refractivity (Wildman–Crippen MR) is 43.2 cm³/mol. The van der Waals surface area contributed by atoms with E-state index in [1.54, 1.807) is 23.3 Å². The summed E-state index contributed by atoms with van der Waals surface area (Å²) in [5.41, 5.74) is 0. The maximum Gasteiger partial charge on any atom is 0.130 e. The molecule has 0 N–H and O–H groups in total. The van der Waals surface area contributed by atoms with Gasteiger partial charge in [0.05, 0.1) is 6.33 Å². The smallest absolute Gasteiger partial charge is 0.130 e. The van der Waals surface area contributed by atoms with Crippen molar-refractivity contribution < 1.29 is 0 Å². The van der Waals surface area contributed by atoms with E-state index in [1.165, 1.54) is 5.40 Å². The first-order valence-electron chi connectivity index (χ1n) is 2.48.